The monoisotopic (exact) mass is 332 g/mol. The summed E-state index contributed by atoms with van der Waals surface area (Å²) < 4.78 is 44.8. The van der Waals surface area contributed by atoms with Gasteiger partial charge in [0.05, 0.1) is 6.54 Å². The van der Waals surface area contributed by atoms with Gasteiger partial charge in [0.1, 0.15) is 16.5 Å². The Labute approximate surface area is 127 Å². The van der Waals surface area contributed by atoms with E-state index in [0.29, 0.717) is 6.54 Å². The maximum Gasteiger partial charge on any atom is 0.573 e. The molecule has 0 fully saturated rings. The molecular formula is C13H11F3N2O3S. The number of rotatable bonds is 6. The van der Waals surface area contributed by atoms with Crippen molar-refractivity contribution in [1.82, 2.24) is 10.3 Å². The van der Waals surface area contributed by atoms with E-state index < -0.39 is 6.36 Å². The zero-order chi connectivity index (χ0) is 16.0. The highest BCUT2D eigenvalue weighted by atomic mass is 32.1. The molecule has 0 saturated heterocycles. The van der Waals surface area contributed by atoms with Crippen LogP contribution in [-0.2, 0) is 11.3 Å². The number of carbonyl (C=O) groups excluding carboxylic acids is 1. The van der Waals surface area contributed by atoms with Gasteiger partial charge in [0.25, 0.3) is 5.91 Å². The number of amides is 1. The smallest absolute Gasteiger partial charge is 0.484 e. The first-order valence-corrected chi connectivity index (χ1v) is 6.94. The number of alkyl halides is 3. The molecule has 0 bridgehead atoms. The predicted molar refractivity (Wildman–Crippen MR) is 72.6 cm³/mol. The van der Waals surface area contributed by atoms with Crippen LogP contribution in [0.2, 0.25) is 0 Å². The number of benzene rings is 1. The van der Waals surface area contributed by atoms with Crippen molar-refractivity contribution in [2.45, 2.75) is 12.9 Å². The first-order valence-electron chi connectivity index (χ1n) is 6.06. The van der Waals surface area contributed by atoms with Crippen molar-refractivity contribution in [3.05, 3.63) is 40.8 Å². The minimum absolute atomic E-state index is 0.245. The Kier molecular flexibility index (Phi) is 5.21. The van der Waals surface area contributed by atoms with Crippen LogP contribution in [-0.4, -0.2) is 23.9 Å². The van der Waals surface area contributed by atoms with E-state index in [1.807, 2.05) is 0 Å². The minimum Gasteiger partial charge on any atom is -0.484 e. The molecule has 5 nitrogen and oxygen atoms in total. The lowest BCUT2D eigenvalue weighted by Gasteiger charge is -2.10. The van der Waals surface area contributed by atoms with Crippen molar-refractivity contribution in [2.24, 2.45) is 0 Å². The lowest BCUT2D eigenvalue weighted by Crippen LogP contribution is -2.28. The number of hydrogen-bond donors (Lipinski definition) is 1. The van der Waals surface area contributed by atoms with Gasteiger partial charge in [0, 0.05) is 11.6 Å². The van der Waals surface area contributed by atoms with Gasteiger partial charge in [-0.05, 0) is 24.3 Å². The molecule has 1 amide bonds. The van der Waals surface area contributed by atoms with Gasteiger partial charge in [0.2, 0.25) is 0 Å². The number of thiazole rings is 1. The molecule has 0 unspecified atom stereocenters. The molecule has 1 heterocycles. The van der Waals surface area contributed by atoms with E-state index in [0.717, 1.165) is 17.1 Å². The largest absolute Gasteiger partial charge is 0.573 e. The molecule has 0 saturated carbocycles. The molecule has 0 aliphatic carbocycles. The van der Waals surface area contributed by atoms with Crippen LogP contribution in [0.15, 0.2) is 35.8 Å². The second kappa shape index (κ2) is 7.12. The Morgan fingerprint density at radius 1 is 1.23 bits per heavy atom. The topological polar surface area (TPSA) is 60.5 Å². The summed E-state index contributed by atoms with van der Waals surface area (Å²) >= 11 is 1.41. The quantitative estimate of drug-likeness (QED) is 0.884. The predicted octanol–water partition coefficient (Wildman–Crippen LogP) is 2.74. The second-order valence-electron chi connectivity index (χ2n) is 4.01. The SMILES string of the molecule is O=C(COc1ccc(OC(F)(F)F)cc1)NCc1nccs1. The van der Waals surface area contributed by atoms with Crippen molar-refractivity contribution in [3.8, 4) is 11.5 Å². The lowest BCUT2D eigenvalue weighted by atomic mass is 10.3. The zero-order valence-electron chi connectivity index (χ0n) is 11.1. The van der Waals surface area contributed by atoms with Crippen molar-refractivity contribution < 1.29 is 27.4 Å². The number of nitrogens with zero attached hydrogens (tertiary/aromatic N) is 1. The maximum atomic E-state index is 12.0. The van der Waals surface area contributed by atoms with Crippen molar-refractivity contribution in [2.75, 3.05) is 6.61 Å². The fraction of sp³-hybridized carbons (Fsp3) is 0.231. The van der Waals surface area contributed by atoms with E-state index in [4.69, 9.17) is 4.74 Å². The van der Waals surface area contributed by atoms with Crippen LogP contribution in [0.25, 0.3) is 0 Å². The van der Waals surface area contributed by atoms with Crippen LogP contribution in [0.5, 0.6) is 11.5 Å². The Morgan fingerprint density at radius 3 is 2.50 bits per heavy atom. The molecule has 118 valence electrons. The molecule has 0 atom stereocenters. The van der Waals surface area contributed by atoms with Crippen LogP contribution >= 0.6 is 11.3 Å². The van der Waals surface area contributed by atoms with Gasteiger partial charge in [0.15, 0.2) is 6.61 Å². The fourth-order valence-corrected chi connectivity index (χ4v) is 2.01. The molecule has 2 aromatic rings. The average Bonchev–Trinajstić information content (AvgIpc) is 2.96. The van der Waals surface area contributed by atoms with Gasteiger partial charge >= 0.3 is 6.36 Å². The van der Waals surface area contributed by atoms with Gasteiger partial charge in [-0.3, -0.25) is 4.79 Å². The molecule has 1 aromatic carbocycles. The number of carbonyl (C=O) groups is 1. The molecule has 0 aliphatic heterocycles. The summed E-state index contributed by atoms with van der Waals surface area (Å²) in [6.07, 6.45) is -3.11. The highest BCUT2D eigenvalue weighted by molar-refractivity contribution is 7.09. The van der Waals surface area contributed by atoms with Crippen molar-refractivity contribution in [3.63, 3.8) is 0 Å². The molecule has 0 radical (unpaired) electrons. The Balaban J connectivity index is 1.75. The van der Waals surface area contributed by atoms with Gasteiger partial charge in [-0.2, -0.15) is 0 Å². The number of aromatic nitrogens is 1. The number of hydrogen-bond acceptors (Lipinski definition) is 5. The zero-order valence-corrected chi connectivity index (χ0v) is 11.9. The first kappa shape index (κ1) is 16.1. The first-order chi connectivity index (χ1) is 10.4. The number of ether oxygens (including phenoxy) is 2. The Hall–Kier alpha value is -2.29. The van der Waals surface area contributed by atoms with Crippen LogP contribution < -0.4 is 14.8 Å². The third kappa shape index (κ3) is 5.60. The number of halogens is 3. The van der Waals surface area contributed by atoms with Gasteiger partial charge in [-0.1, -0.05) is 0 Å². The van der Waals surface area contributed by atoms with Crippen LogP contribution in [0.4, 0.5) is 13.2 Å². The fourth-order valence-electron chi connectivity index (χ4n) is 1.45. The van der Waals surface area contributed by atoms with Crippen LogP contribution in [0.1, 0.15) is 5.01 Å². The highest BCUT2D eigenvalue weighted by Crippen LogP contribution is 2.24. The highest BCUT2D eigenvalue weighted by Gasteiger charge is 2.30. The van der Waals surface area contributed by atoms with E-state index in [1.54, 1.807) is 11.6 Å². The normalized spacial score (nSPS) is 11.0. The van der Waals surface area contributed by atoms with E-state index in [1.165, 1.54) is 23.5 Å². The maximum absolute atomic E-state index is 12.0. The molecule has 0 aliphatic rings. The molecule has 9 heteroatoms. The third-order valence-electron chi connectivity index (χ3n) is 2.35. The van der Waals surface area contributed by atoms with E-state index >= 15 is 0 Å². The number of nitrogens with one attached hydrogen (secondary N) is 1. The molecule has 2 rings (SSSR count). The summed E-state index contributed by atoms with van der Waals surface area (Å²) in [5.41, 5.74) is 0. The summed E-state index contributed by atoms with van der Waals surface area (Å²) in [6, 6.07) is 4.79. The van der Waals surface area contributed by atoms with Crippen LogP contribution in [0, 0.1) is 0 Å². The van der Waals surface area contributed by atoms with Crippen molar-refractivity contribution in [1.29, 1.82) is 0 Å². The summed E-state index contributed by atoms with van der Waals surface area (Å²) in [7, 11) is 0. The summed E-state index contributed by atoms with van der Waals surface area (Å²) in [6.45, 7) is 0.0586. The molecule has 1 N–H and O–H groups in total. The van der Waals surface area contributed by atoms with E-state index in [9.17, 15) is 18.0 Å². The van der Waals surface area contributed by atoms with E-state index in [2.05, 4.69) is 15.0 Å². The molecule has 22 heavy (non-hydrogen) atoms. The van der Waals surface area contributed by atoms with Gasteiger partial charge < -0.3 is 14.8 Å². The van der Waals surface area contributed by atoms with Gasteiger partial charge in [-0.25, -0.2) is 4.98 Å². The van der Waals surface area contributed by atoms with Crippen molar-refractivity contribution >= 4 is 17.2 Å². The van der Waals surface area contributed by atoms with E-state index in [-0.39, 0.29) is 24.0 Å². The minimum atomic E-state index is -4.74. The summed E-state index contributed by atoms with van der Waals surface area (Å²) in [5.74, 6) is -0.446. The summed E-state index contributed by atoms with van der Waals surface area (Å²) in [5, 5.41) is 5.17. The molecular weight excluding hydrogens is 321 g/mol. The average molecular weight is 332 g/mol. The molecule has 1 aromatic heterocycles. The lowest BCUT2D eigenvalue weighted by molar-refractivity contribution is -0.274. The third-order valence-corrected chi connectivity index (χ3v) is 3.13. The Morgan fingerprint density at radius 2 is 1.91 bits per heavy atom. The standard InChI is InChI=1S/C13H11F3N2O3S/c14-13(15,16)21-10-3-1-9(2-4-10)20-8-11(19)18-7-12-17-5-6-22-12/h1-6H,7-8H2,(H,18,19). The van der Waals surface area contributed by atoms with Crippen LogP contribution in [0.3, 0.4) is 0 Å². The Bertz CT molecular complexity index is 600. The summed E-state index contributed by atoms with van der Waals surface area (Å²) in [4.78, 5) is 15.5. The van der Waals surface area contributed by atoms with Gasteiger partial charge in [-0.15, -0.1) is 24.5 Å². The second-order valence-corrected chi connectivity index (χ2v) is 4.99. The molecule has 0 spiro atoms.